The van der Waals surface area contributed by atoms with Crippen molar-refractivity contribution in [2.75, 3.05) is 26.9 Å². The number of nitrogens with one attached hydrogen (secondary N) is 1. The van der Waals surface area contributed by atoms with Crippen LogP contribution < -0.4 is 15.5 Å². The summed E-state index contributed by atoms with van der Waals surface area (Å²) in [4.78, 5) is 0. The molecule has 2 aliphatic heterocycles. The Labute approximate surface area is 149 Å². The molecule has 1 atom stereocenters. The highest BCUT2D eigenvalue weighted by molar-refractivity contribution is 6.33. The van der Waals surface area contributed by atoms with Gasteiger partial charge in [-0.2, -0.15) is 0 Å². The Hall–Kier alpha value is -1.50. The van der Waals surface area contributed by atoms with E-state index in [1.165, 1.54) is 18.3 Å². The Morgan fingerprint density at radius 3 is 2.88 bits per heavy atom. The van der Waals surface area contributed by atoms with Crippen molar-refractivity contribution in [3.63, 3.8) is 0 Å². The van der Waals surface area contributed by atoms with E-state index < -0.39 is 0 Å². The van der Waals surface area contributed by atoms with Crippen molar-refractivity contribution in [1.82, 2.24) is 5.32 Å². The maximum absolute atomic E-state index is 10.1. The van der Waals surface area contributed by atoms with E-state index in [1.807, 2.05) is 0 Å². The van der Waals surface area contributed by atoms with Gasteiger partial charge in [0.1, 0.15) is 7.85 Å². The molecule has 1 aromatic rings. The van der Waals surface area contributed by atoms with Crippen LogP contribution in [0.5, 0.6) is 11.5 Å². The lowest BCUT2D eigenvalue weighted by atomic mass is 9.77. The number of phenolic OH excluding ortho intramolecular Hbond substituents is 1. The van der Waals surface area contributed by atoms with Gasteiger partial charge in [0.25, 0.3) is 0 Å². The maximum atomic E-state index is 10.1. The molecular formula is C19H24BNO4. The zero-order valence-corrected chi connectivity index (χ0v) is 14.6. The first-order valence-electron chi connectivity index (χ1n) is 8.98. The molecule has 2 radical (unpaired) electrons. The third-order valence-corrected chi connectivity index (χ3v) is 5.63. The molecule has 1 unspecified atom stereocenters. The molecule has 1 spiro atoms. The van der Waals surface area contributed by atoms with Crippen molar-refractivity contribution in [2.45, 2.75) is 43.9 Å². The molecule has 1 aromatic carbocycles. The third kappa shape index (κ3) is 3.19. The molecule has 6 heteroatoms. The second-order valence-electron chi connectivity index (χ2n) is 7.10. The van der Waals surface area contributed by atoms with Crippen molar-refractivity contribution < 1.29 is 19.3 Å². The normalized spacial score (nSPS) is 25.2. The van der Waals surface area contributed by atoms with Crippen molar-refractivity contribution in [3.8, 4) is 11.5 Å². The van der Waals surface area contributed by atoms with Crippen LogP contribution in [0.4, 0.5) is 0 Å². The van der Waals surface area contributed by atoms with E-state index in [0.29, 0.717) is 24.4 Å². The number of methoxy groups -OCH3 is 1. The molecule has 1 aliphatic carbocycles. The first kappa shape index (κ1) is 16.9. The molecule has 5 nitrogen and oxygen atoms in total. The molecule has 0 aromatic heterocycles. The highest BCUT2D eigenvalue weighted by Crippen LogP contribution is 2.42. The van der Waals surface area contributed by atoms with Crippen molar-refractivity contribution >= 4 is 13.3 Å². The van der Waals surface area contributed by atoms with E-state index in [1.54, 1.807) is 12.1 Å². The van der Waals surface area contributed by atoms with Crippen LogP contribution in [0.2, 0.25) is 0 Å². The van der Waals surface area contributed by atoms with Crippen LogP contribution >= 0.6 is 0 Å². The Kier molecular flexibility index (Phi) is 4.52. The van der Waals surface area contributed by atoms with Crippen LogP contribution in [0.15, 0.2) is 23.3 Å². The lowest BCUT2D eigenvalue weighted by molar-refractivity contribution is -0.164. The number of benzene rings is 1. The molecule has 0 bridgehead atoms. The molecule has 0 saturated carbocycles. The summed E-state index contributed by atoms with van der Waals surface area (Å²) in [5.41, 5.74) is 4.52. The molecule has 2 N–H and O–H groups in total. The van der Waals surface area contributed by atoms with Crippen LogP contribution in [0.3, 0.4) is 0 Å². The van der Waals surface area contributed by atoms with Gasteiger partial charge in [0.05, 0.1) is 20.3 Å². The van der Waals surface area contributed by atoms with Gasteiger partial charge < -0.3 is 24.6 Å². The predicted molar refractivity (Wildman–Crippen MR) is 95.7 cm³/mol. The second kappa shape index (κ2) is 6.67. The summed E-state index contributed by atoms with van der Waals surface area (Å²) in [7, 11) is 7.70. The number of hydrogen-bond acceptors (Lipinski definition) is 5. The number of ether oxygens (including phenoxy) is 3. The topological polar surface area (TPSA) is 60.0 Å². The van der Waals surface area contributed by atoms with E-state index in [0.717, 1.165) is 44.2 Å². The van der Waals surface area contributed by atoms with E-state index in [4.69, 9.17) is 22.1 Å². The summed E-state index contributed by atoms with van der Waals surface area (Å²) in [6, 6.07) is 3.66. The second-order valence-corrected chi connectivity index (χ2v) is 7.10. The summed E-state index contributed by atoms with van der Waals surface area (Å²) in [6.45, 7) is 2.35. The Bertz CT molecular complexity index is 697. The average Bonchev–Trinajstić information content (AvgIpc) is 3.05. The fourth-order valence-corrected chi connectivity index (χ4v) is 4.35. The summed E-state index contributed by atoms with van der Waals surface area (Å²) >= 11 is 0. The number of phenols is 1. The Morgan fingerprint density at radius 1 is 1.32 bits per heavy atom. The van der Waals surface area contributed by atoms with Gasteiger partial charge in [0.15, 0.2) is 17.3 Å². The van der Waals surface area contributed by atoms with Crippen LogP contribution in [0.1, 0.15) is 31.2 Å². The smallest absolute Gasteiger partial charge is 0.172 e. The van der Waals surface area contributed by atoms with Crippen LogP contribution in [-0.2, 0) is 15.9 Å². The van der Waals surface area contributed by atoms with E-state index >= 15 is 0 Å². The fourth-order valence-electron chi connectivity index (χ4n) is 4.35. The standard InChI is InChI=1S/C19H24BNO4/c1-23-18-10-15(20)13(9-17(18)22)8-16-14-2-4-19(24-6-7-25-19)11-12(14)3-5-21-16/h9-10,16,21-22H,2-8,11H2,1H3. The van der Waals surface area contributed by atoms with Crippen molar-refractivity contribution in [1.29, 1.82) is 0 Å². The first-order chi connectivity index (χ1) is 12.1. The van der Waals surface area contributed by atoms with Gasteiger partial charge in [-0.25, -0.2) is 0 Å². The largest absolute Gasteiger partial charge is 0.504 e. The quantitative estimate of drug-likeness (QED) is 0.642. The Morgan fingerprint density at radius 2 is 2.12 bits per heavy atom. The summed E-state index contributed by atoms with van der Waals surface area (Å²) in [5, 5.41) is 13.7. The van der Waals surface area contributed by atoms with E-state index in [2.05, 4.69) is 5.32 Å². The SMILES string of the molecule is [B]c1cc(OC)c(O)cc1CC1NCCC2=C1CCC1(C2)OCCO1. The molecule has 1 saturated heterocycles. The summed E-state index contributed by atoms with van der Waals surface area (Å²) < 4.78 is 16.9. The van der Waals surface area contributed by atoms with Gasteiger partial charge in [-0.05, 0) is 43.5 Å². The minimum Gasteiger partial charge on any atom is -0.504 e. The van der Waals surface area contributed by atoms with Gasteiger partial charge in [0, 0.05) is 18.9 Å². The first-order valence-corrected chi connectivity index (χ1v) is 8.98. The number of hydrogen-bond donors (Lipinski definition) is 2. The zero-order valence-electron chi connectivity index (χ0n) is 14.6. The van der Waals surface area contributed by atoms with Gasteiger partial charge in [-0.1, -0.05) is 16.6 Å². The van der Waals surface area contributed by atoms with E-state index in [9.17, 15) is 5.11 Å². The monoisotopic (exact) mass is 341 g/mol. The number of rotatable bonds is 3. The van der Waals surface area contributed by atoms with Crippen molar-refractivity contribution in [3.05, 3.63) is 28.8 Å². The average molecular weight is 341 g/mol. The maximum Gasteiger partial charge on any atom is 0.172 e. The minimum atomic E-state index is -0.377. The molecule has 25 heavy (non-hydrogen) atoms. The predicted octanol–water partition coefficient (Wildman–Crippen LogP) is 1.32. The molecule has 1 fully saturated rings. The summed E-state index contributed by atoms with van der Waals surface area (Å²) in [6.07, 6.45) is 4.58. The van der Waals surface area contributed by atoms with Gasteiger partial charge >= 0.3 is 0 Å². The van der Waals surface area contributed by atoms with E-state index in [-0.39, 0.29) is 17.6 Å². The Balaban J connectivity index is 1.56. The van der Waals surface area contributed by atoms with Crippen LogP contribution in [0, 0.1) is 0 Å². The summed E-state index contributed by atoms with van der Waals surface area (Å²) in [5.74, 6) is 0.165. The lowest BCUT2D eigenvalue weighted by Crippen LogP contribution is -2.44. The highest BCUT2D eigenvalue weighted by Gasteiger charge is 2.42. The van der Waals surface area contributed by atoms with Crippen LogP contribution in [0.25, 0.3) is 0 Å². The third-order valence-electron chi connectivity index (χ3n) is 5.63. The zero-order chi connectivity index (χ0) is 17.4. The highest BCUT2D eigenvalue weighted by atomic mass is 16.7. The molecule has 4 rings (SSSR count). The van der Waals surface area contributed by atoms with Gasteiger partial charge in [0.2, 0.25) is 0 Å². The molecule has 0 amide bonds. The van der Waals surface area contributed by atoms with Crippen molar-refractivity contribution in [2.24, 2.45) is 0 Å². The van der Waals surface area contributed by atoms with Gasteiger partial charge in [-0.15, -0.1) is 0 Å². The number of aromatic hydroxyl groups is 1. The molecule has 2 heterocycles. The molecule has 3 aliphatic rings. The fraction of sp³-hybridized carbons (Fsp3) is 0.579. The minimum absolute atomic E-state index is 0.132. The van der Waals surface area contributed by atoms with Gasteiger partial charge in [-0.3, -0.25) is 0 Å². The van der Waals surface area contributed by atoms with Crippen LogP contribution in [-0.4, -0.2) is 51.7 Å². The lowest BCUT2D eigenvalue weighted by Gasteiger charge is -2.40. The molecular weight excluding hydrogens is 317 g/mol. The molecule has 132 valence electrons.